The summed E-state index contributed by atoms with van der Waals surface area (Å²) in [6, 6.07) is 1.52. The summed E-state index contributed by atoms with van der Waals surface area (Å²) in [6.45, 7) is 1.88. The number of carbonyl (C=O) groups is 1. The first kappa shape index (κ1) is 13.4. The molecule has 4 nitrogen and oxygen atoms in total. The Morgan fingerprint density at radius 2 is 2.19 bits per heavy atom. The normalized spacial score (nSPS) is 12.6. The summed E-state index contributed by atoms with van der Waals surface area (Å²) in [6.07, 6.45) is -0.569. The lowest BCUT2D eigenvalue weighted by molar-refractivity contribution is 0.0694. The van der Waals surface area contributed by atoms with Gasteiger partial charge in [-0.1, -0.05) is 23.2 Å². The van der Waals surface area contributed by atoms with E-state index in [0.717, 1.165) is 0 Å². The Labute approximate surface area is 104 Å². The number of aromatic nitrogens is 1. The van der Waals surface area contributed by atoms with E-state index in [9.17, 15) is 9.90 Å². The standard InChI is InChI=1S/C10H14Cl2N2O2/c1-6(15)5-13(2)10(16)8-4-7(11)9(12)14(8)3/h4,6,15H,5H2,1-3H3. The summed E-state index contributed by atoms with van der Waals surface area (Å²) in [5, 5.41) is 9.87. The van der Waals surface area contributed by atoms with Crippen LogP contribution in [0.3, 0.4) is 0 Å². The second-order valence-electron chi connectivity index (χ2n) is 3.76. The van der Waals surface area contributed by atoms with E-state index >= 15 is 0 Å². The van der Waals surface area contributed by atoms with Crippen molar-refractivity contribution >= 4 is 29.1 Å². The molecular weight excluding hydrogens is 251 g/mol. The molecule has 0 aliphatic carbocycles. The summed E-state index contributed by atoms with van der Waals surface area (Å²) in [7, 11) is 3.28. The summed E-state index contributed by atoms with van der Waals surface area (Å²) >= 11 is 11.7. The van der Waals surface area contributed by atoms with Crippen LogP contribution in [0.4, 0.5) is 0 Å². The van der Waals surface area contributed by atoms with Gasteiger partial charge in [0.1, 0.15) is 10.8 Å². The van der Waals surface area contributed by atoms with Gasteiger partial charge in [-0.25, -0.2) is 0 Å². The zero-order valence-corrected chi connectivity index (χ0v) is 10.9. The van der Waals surface area contributed by atoms with Crippen molar-refractivity contribution in [3.05, 3.63) is 21.9 Å². The largest absolute Gasteiger partial charge is 0.392 e. The molecule has 1 N–H and O–H groups in total. The first-order valence-corrected chi connectivity index (χ1v) is 5.54. The summed E-state index contributed by atoms with van der Waals surface area (Å²) in [4.78, 5) is 13.4. The second-order valence-corrected chi connectivity index (χ2v) is 4.53. The molecule has 0 aliphatic rings. The van der Waals surface area contributed by atoms with E-state index in [1.165, 1.54) is 15.5 Å². The van der Waals surface area contributed by atoms with E-state index in [1.54, 1.807) is 21.0 Å². The third-order valence-corrected chi connectivity index (χ3v) is 3.06. The van der Waals surface area contributed by atoms with Crippen LogP contribution in [0, 0.1) is 0 Å². The quantitative estimate of drug-likeness (QED) is 0.905. The molecule has 1 atom stereocenters. The molecular formula is C10H14Cl2N2O2. The Morgan fingerprint density at radius 1 is 1.62 bits per heavy atom. The Hall–Kier alpha value is -0.710. The number of halogens is 2. The van der Waals surface area contributed by atoms with Gasteiger partial charge in [0, 0.05) is 20.6 Å². The number of nitrogens with zero attached hydrogens (tertiary/aromatic N) is 2. The van der Waals surface area contributed by atoms with Crippen LogP contribution >= 0.6 is 23.2 Å². The van der Waals surface area contributed by atoms with Gasteiger partial charge in [0.2, 0.25) is 0 Å². The number of carbonyl (C=O) groups excluding carboxylic acids is 1. The van der Waals surface area contributed by atoms with Gasteiger partial charge >= 0.3 is 0 Å². The molecule has 1 rings (SSSR count). The molecule has 0 spiro atoms. The van der Waals surface area contributed by atoms with Crippen LogP contribution < -0.4 is 0 Å². The van der Waals surface area contributed by atoms with Crippen LogP contribution in [0.15, 0.2) is 6.07 Å². The first-order valence-electron chi connectivity index (χ1n) is 4.78. The van der Waals surface area contributed by atoms with Crippen LogP contribution in [-0.4, -0.2) is 40.2 Å². The SMILES string of the molecule is CC(O)CN(C)C(=O)c1cc(Cl)c(Cl)n1C. The Morgan fingerprint density at radius 3 is 2.56 bits per heavy atom. The molecule has 1 heterocycles. The van der Waals surface area contributed by atoms with Gasteiger partial charge in [0.05, 0.1) is 11.1 Å². The zero-order chi connectivity index (χ0) is 12.5. The molecule has 1 amide bonds. The van der Waals surface area contributed by atoms with Gasteiger partial charge in [0.15, 0.2) is 0 Å². The molecule has 0 aromatic carbocycles. The van der Waals surface area contributed by atoms with Crippen molar-refractivity contribution in [2.24, 2.45) is 7.05 Å². The maximum absolute atomic E-state index is 11.9. The van der Waals surface area contributed by atoms with E-state index in [0.29, 0.717) is 15.9 Å². The van der Waals surface area contributed by atoms with Crippen molar-refractivity contribution in [1.29, 1.82) is 0 Å². The highest BCUT2D eigenvalue weighted by atomic mass is 35.5. The van der Waals surface area contributed by atoms with Crippen molar-refractivity contribution in [2.45, 2.75) is 13.0 Å². The fraction of sp³-hybridized carbons (Fsp3) is 0.500. The van der Waals surface area contributed by atoms with E-state index < -0.39 is 6.10 Å². The number of amides is 1. The highest BCUT2D eigenvalue weighted by Gasteiger charge is 2.19. The Kier molecular flexibility index (Phi) is 4.24. The molecule has 0 radical (unpaired) electrons. The molecule has 0 fully saturated rings. The molecule has 1 aromatic rings. The molecule has 0 saturated carbocycles. The first-order chi connectivity index (χ1) is 7.34. The van der Waals surface area contributed by atoms with E-state index in [-0.39, 0.29) is 12.5 Å². The zero-order valence-electron chi connectivity index (χ0n) is 9.37. The number of rotatable bonds is 3. The topological polar surface area (TPSA) is 45.5 Å². The monoisotopic (exact) mass is 264 g/mol. The van der Waals surface area contributed by atoms with Crippen LogP contribution in [0.2, 0.25) is 10.2 Å². The summed E-state index contributed by atoms with van der Waals surface area (Å²) in [5.41, 5.74) is 0.401. The summed E-state index contributed by atoms with van der Waals surface area (Å²) in [5.74, 6) is -0.225. The minimum atomic E-state index is -0.569. The molecule has 1 aromatic heterocycles. The average molecular weight is 265 g/mol. The maximum Gasteiger partial charge on any atom is 0.270 e. The Bertz CT molecular complexity index is 402. The third-order valence-electron chi connectivity index (χ3n) is 2.22. The fourth-order valence-electron chi connectivity index (χ4n) is 1.42. The second kappa shape index (κ2) is 5.08. The molecule has 6 heteroatoms. The van der Waals surface area contributed by atoms with Gasteiger partial charge < -0.3 is 14.6 Å². The summed E-state index contributed by atoms with van der Waals surface area (Å²) < 4.78 is 1.52. The predicted octanol–water partition coefficient (Wildman–Crippen LogP) is 1.78. The smallest absolute Gasteiger partial charge is 0.270 e. The highest BCUT2D eigenvalue weighted by Crippen LogP contribution is 2.25. The van der Waals surface area contributed by atoms with Crippen molar-refractivity contribution in [2.75, 3.05) is 13.6 Å². The molecule has 1 unspecified atom stereocenters. The molecule has 16 heavy (non-hydrogen) atoms. The molecule has 90 valence electrons. The molecule has 0 bridgehead atoms. The van der Waals surface area contributed by atoms with Crippen molar-refractivity contribution in [1.82, 2.24) is 9.47 Å². The van der Waals surface area contributed by atoms with Crippen LogP contribution in [-0.2, 0) is 7.05 Å². The lowest BCUT2D eigenvalue weighted by atomic mass is 10.3. The van der Waals surface area contributed by atoms with Gasteiger partial charge in [-0.05, 0) is 13.0 Å². The lowest BCUT2D eigenvalue weighted by Gasteiger charge is -2.18. The number of aliphatic hydroxyl groups is 1. The van der Waals surface area contributed by atoms with E-state index in [1.807, 2.05) is 0 Å². The highest BCUT2D eigenvalue weighted by molar-refractivity contribution is 6.41. The van der Waals surface area contributed by atoms with Gasteiger partial charge in [-0.3, -0.25) is 4.79 Å². The third kappa shape index (κ3) is 2.70. The molecule has 0 saturated heterocycles. The maximum atomic E-state index is 11.9. The molecule has 0 aliphatic heterocycles. The van der Waals surface area contributed by atoms with Gasteiger partial charge in [0.25, 0.3) is 5.91 Å². The fourth-order valence-corrected chi connectivity index (χ4v) is 1.80. The Balaban J connectivity index is 2.92. The number of hydrogen-bond donors (Lipinski definition) is 1. The average Bonchev–Trinajstić information content (AvgIpc) is 2.44. The van der Waals surface area contributed by atoms with Crippen LogP contribution in [0.5, 0.6) is 0 Å². The van der Waals surface area contributed by atoms with Crippen molar-refractivity contribution in [3.8, 4) is 0 Å². The number of aliphatic hydroxyl groups excluding tert-OH is 1. The number of likely N-dealkylation sites (N-methyl/N-ethyl adjacent to an activating group) is 1. The van der Waals surface area contributed by atoms with Gasteiger partial charge in [-0.2, -0.15) is 0 Å². The minimum Gasteiger partial charge on any atom is -0.392 e. The van der Waals surface area contributed by atoms with Crippen LogP contribution in [0.25, 0.3) is 0 Å². The van der Waals surface area contributed by atoms with Crippen molar-refractivity contribution in [3.63, 3.8) is 0 Å². The van der Waals surface area contributed by atoms with E-state index in [4.69, 9.17) is 23.2 Å². The lowest BCUT2D eigenvalue weighted by Crippen LogP contribution is -2.34. The van der Waals surface area contributed by atoms with E-state index in [2.05, 4.69) is 0 Å². The number of hydrogen-bond acceptors (Lipinski definition) is 2. The van der Waals surface area contributed by atoms with Gasteiger partial charge in [-0.15, -0.1) is 0 Å². The van der Waals surface area contributed by atoms with Crippen molar-refractivity contribution < 1.29 is 9.90 Å². The predicted molar refractivity (Wildman–Crippen MR) is 64.1 cm³/mol. The van der Waals surface area contributed by atoms with Crippen LogP contribution in [0.1, 0.15) is 17.4 Å². The minimum absolute atomic E-state index is 0.225.